The maximum absolute atomic E-state index is 5.76. The molecule has 19 heavy (non-hydrogen) atoms. The van der Waals surface area contributed by atoms with Gasteiger partial charge in [-0.05, 0) is 19.1 Å². The number of hydrogen-bond acceptors (Lipinski definition) is 5. The predicted molar refractivity (Wildman–Crippen MR) is 73.5 cm³/mol. The summed E-state index contributed by atoms with van der Waals surface area (Å²) < 4.78 is 11.9. The van der Waals surface area contributed by atoms with Crippen LogP contribution in [0.4, 0.5) is 0 Å². The van der Waals surface area contributed by atoms with E-state index in [4.69, 9.17) is 9.26 Å². The summed E-state index contributed by atoms with van der Waals surface area (Å²) in [4.78, 5) is 4.34. The van der Waals surface area contributed by atoms with Crippen LogP contribution in [0.25, 0.3) is 11.4 Å². The second-order valence-corrected chi connectivity index (χ2v) is 5.78. The molecule has 0 unspecified atom stereocenters. The van der Waals surface area contributed by atoms with Crippen LogP contribution in [-0.2, 0) is 11.3 Å². The molecule has 1 fully saturated rings. The van der Waals surface area contributed by atoms with Crippen molar-refractivity contribution in [3.8, 4) is 11.4 Å². The van der Waals surface area contributed by atoms with Gasteiger partial charge in [-0.25, -0.2) is 0 Å². The minimum atomic E-state index is -0.107. The fourth-order valence-corrected chi connectivity index (χ4v) is 2.27. The molecule has 2 heterocycles. The average Bonchev–Trinajstić information content (AvgIpc) is 2.83. The number of nitrogens with zero attached hydrogens (tertiary/aromatic N) is 2. The Labute approximate surface area is 119 Å². The van der Waals surface area contributed by atoms with E-state index in [1.165, 1.54) is 0 Å². The first kappa shape index (κ1) is 12.8. The molecular weight excluding hydrogens is 310 g/mol. The van der Waals surface area contributed by atoms with E-state index in [0.29, 0.717) is 18.3 Å². The fraction of sp³-hybridized carbons (Fsp3) is 0.385. The van der Waals surface area contributed by atoms with Crippen molar-refractivity contribution >= 4 is 15.9 Å². The Morgan fingerprint density at radius 1 is 1.47 bits per heavy atom. The Bertz CT molecular complexity index is 581. The molecule has 0 spiro atoms. The van der Waals surface area contributed by atoms with Gasteiger partial charge in [0.05, 0.1) is 5.60 Å². The summed E-state index contributed by atoms with van der Waals surface area (Å²) in [6, 6.07) is 7.79. The van der Waals surface area contributed by atoms with E-state index in [-0.39, 0.29) is 5.60 Å². The molecule has 3 rings (SSSR count). The Balaban J connectivity index is 1.69. The molecule has 5 nitrogen and oxygen atoms in total. The summed E-state index contributed by atoms with van der Waals surface area (Å²) in [6.45, 7) is 4.13. The maximum Gasteiger partial charge on any atom is 0.252 e. The summed E-state index contributed by atoms with van der Waals surface area (Å²) >= 11 is 3.42. The van der Waals surface area contributed by atoms with Gasteiger partial charge in [0.25, 0.3) is 5.89 Å². The third-order valence-corrected chi connectivity index (χ3v) is 3.59. The van der Waals surface area contributed by atoms with Crippen LogP contribution in [0.15, 0.2) is 33.3 Å². The van der Waals surface area contributed by atoms with Crippen molar-refractivity contribution in [2.24, 2.45) is 0 Å². The van der Waals surface area contributed by atoms with Crippen molar-refractivity contribution in [1.82, 2.24) is 15.5 Å². The monoisotopic (exact) mass is 323 g/mol. The van der Waals surface area contributed by atoms with Gasteiger partial charge in [-0.2, -0.15) is 4.98 Å². The highest BCUT2D eigenvalue weighted by atomic mass is 79.9. The van der Waals surface area contributed by atoms with Crippen LogP contribution in [0.1, 0.15) is 12.8 Å². The Morgan fingerprint density at radius 2 is 2.32 bits per heavy atom. The number of nitrogens with one attached hydrogen (secondary N) is 1. The molecule has 6 heteroatoms. The van der Waals surface area contributed by atoms with Gasteiger partial charge in [0.15, 0.2) is 0 Å². The predicted octanol–water partition coefficient (Wildman–Crippen LogP) is 2.38. The van der Waals surface area contributed by atoms with Crippen molar-refractivity contribution < 1.29 is 9.26 Å². The smallest absolute Gasteiger partial charge is 0.252 e. The molecule has 0 amide bonds. The van der Waals surface area contributed by atoms with E-state index in [2.05, 4.69) is 38.3 Å². The van der Waals surface area contributed by atoms with Crippen molar-refractivity contribution in [3.05, 3.63) is 34.6 Å². The zero-order valence-corrected chi connectivity index (χ0v) is 12.1. The molecule has 1 aromatic carbocycles. The number of ether oxygens (including phenoxy) is 1. The first-order valence-electron chi connectivity index (χ1n) is 6.08. The van der Waals surface area contributed by atoms with Gasteiger partial charge >= 0.3 is 0 Å². The SMILES string of the molecule is CC1(OCc2nc(-c3cccc(Br)c3)no2)CNC1. The number of halogens is 1. The summed E-state index contributed by atoms with van der Waals surface area (Å²) in [5.41, 5.74) is 0.811. The van der Waals surface area contributed by atoms with Gasteiger partial charge in [-0.15, -0.1) is 0 Å². The second kappa shape index (κ2) is 5.03. The highest BCUT2D eigenvalue weighted by molar-refractivity contribution is 9.10. The van der Waals surface area contributed by atoms with Crippen LogP contribution in [0.2, 0.25) is 0 Å². The summed E-state index contributed by atoms with van der Waals surface area (Å²) in [5, 5.41) is 7.15. The van der Waals surface area contributed by atoms with E-state index in [1.54, 1.807) is 0 Å². The highest BCUT2D eigenvalue weighted by Crippen LogP contribution is 2.22. The van der Waals surface area contributed by atoms with Gasteiger partial charge in [0.1, 0.15) is 6.61 Å². The molecule has 100 valence electrons. The molecule has 1 N–H and O–H groups in total. The van der Waals surface area contributed by atoms with Crippen LogP contribution >= 0.6 is 15.9 Å². The molecule has 2 aromatic rings. The lowest BCUT2D eigenvalue weighted by atomic mass is 10.0. The fourth-order valence-electron chi connectivity index (χ4n) is 1.87. The standard InChI is InChI=1S/C13H14BrN3O2/c1-13(7-15-8-13)18-6-11-16-12(17-19-11)9-3-2-4-10(14)5-9/h2-5,15H,6-8H2,1H3. The van der Waals surface area contributed by atoms with Crippen LogP contribution < -0.4 is 5.32 Å². The van der Waals surface area contributed by atoms with E-state index >= 15 is 0 Å². The number of aromatic nitrogens is 2. The molecule has 1 saturated heterocycles. The van der Waals surface area contributed by atoms with Crippen molar-refractivity contribution in [3.63, 3.8) is 0 Å². The lowest BCUT2D eigenvalue weighted by molar-refractivity contribution is -0.0841. The zero-order chi connectivity index (χ0) is 13.3. The van der Waals surface area contributed by atoms with E-state index in [9.17, 15) is 0 Å². The Hall–Kier alpha value is -1.24. The molecule has 0 bridgehead atoms. The molecule has 0 saturated carbocycles. The third kappa shape index (κ3) is 2.86. The molecule has 1 aromatic heterocycles. The Kier molecular flexibility index (Phi) is 3.38. The molecule has 0 radical (unpaired) electrons. The van der Waals surface area contributed by atoms with Gasteiger partial charge in [0, 0.05) is 23.1 Å². The number of benzene rings is 1. The largest absolute Gasteiger partial charge is 0.363 e. The maximum atomic E-state index is 5.76. The lowest BCUT2D eigenvalue weighted by Gasteiger charge is -2.38. The van der Waals surface area contributed by atoms with Crippen molar-refractivity contribution in [2.75, 3.05) is 13.1 Å². The van der Waals surface area contributed by atoms with Gasteiger partial charge in [-0.1, -0.05) is 33.2 Å². The van der Waals surface area contributed by atoms with Crippen molar-refractivity contribution in [1.29, 1.82) is 0 Å². The summed E-state index contributed by atoms with van der Waals surface area (Å²) in [6.07, 6.45) is 0. The first-order chi connectivity index (χ1) is 9.15. The first-order valence-corrected chi connectivity index (χ1v) is 6.87. The summed E-state index contributed by atoms with van der Waals surface area (Å²) in [5.74, 6) is 1.08. The highest BCUT2D eigenvalue weighted by Gasteiger charge is 2.33. The van der Waals surface area contributed by atoms with E-state index in [0.717, 1.165) is 23.1 Å². The zero-order valence-electron chi connectivity index (χ0n) is 10.5. The topological polar surface area (TPSA) is 60.2 Å². The van der Waals surface area contributed by atoms with Crippen LogP contribution in [-0.4, -0.2) is 28.8 Å². The Morgan fingerprint density at radius 3 is 3.00 bits per heavy atom. The summed E-state index contributed by atoms with van der Waals surface area (Å²) in [7, 11) is 0. The minimum Gasteiger partial charge on any atom is -0.363 e. The molecule has 0 atom stereocenters. The molecular formula is C13H14BrN3O2. The van der Waals surface area contributed by atoms with Crippen molar-refractivity contribution in [2.45, 2.75) is 19.1 Å². The van der Waals surface area contributed by atoms with E-state index in [1.807, 2.05) is 24.3 Å². The normalized spacial score (nSPS) is 17.2. The van der Waals surface area contributed by atoms with E-state index < -0.39 is 0 Å². The number of rotatable bonds is 4. The quantitative estimate of drug-likeness (QED) is 0.936. The van der Waals surface area contributed by atoms with Gasteiger partial charge in [-0.3, -0.25) is 0 Å². The average molecular weight is 324 g/mol. The second-order valence-electron chi connectivity index (χ2n) is 4.86. The third-order valence-electron chi connectivity index (χ3n) is 3.09. The number of hydrogen-bond donors (Lipinski definition) is 1. The van der Waals surface area contributed by atoms with Gasteiger partial charge in [0.2, 0.25) is 5.82 Å². The molecule has 0 aliphatic carbocycles. The molecule has 1 aliphatic heterocycles. The molecule has 1 aliphatic rings. The van der Waals surface area contributed by atoms with Crippen LogP contribution in [0.3, 0.4) is 0 Å². The van der Waals surface area contributed by atoms with Gasteiger partial charge < -0.3 is 14.6 Å². The lowest BCUT2D eigenvalue weighted by Crippen LogP contribution is -2.58. The van der Waals surface area contributed by atoms with Crippen LogP contribution in [0, 0.1) is 0 Å². The van der Waals surface area contributed by atoms with Crippen LogP contribution in [0.5, 0.6) is 0 Å². The minimum absolute atomic E-state index is 0.107.